The van der Waals surface area contributed by atoms with Gasteiger partial charge in [-0.05, 0) is 31.9 Å². The summed E-state index contributed by atoms with van der Waals surface area (Å²) in [7, 11) is -4.11. The molecule has 0 saturated carbocycles. The van der Waals surface area contributed by atoms with Crippen molar-refractivity contribution in [3.05, 3.63) is 47.5 Å². The third kappa shape index (κ3) is 3.29. The molecule has 0 aliphatic rings. The first-order valence-corrected chi connectivity index (χ1v) is 7.51. The minimum Gasteiger partial charge on any atom is -0.360 e. The molecule has 0 heterocycles. The first kappa shape index (κ1) is 16.0. The van der Waals surface area contributed by atoms with E-state index in [1.807, 2.05) is 6.92 Å². The Hall–Kier alpha value is -2.04. The Morgan fingerprint density at radius 3 is 2.55 bits per heavy atom. The van der Waals surface area contributed by atoms with Crippen molar-refractivity contribution in [2.45, 2.75) is 31.6 Å². The van der Waals surface area contributed by atoms with Gasteiger partial charge >= 0.3 is 5.04 Å². The van der Waals surface area contributed by atoms with Gasteiger partial charge in [-0.2, -0.15) is 0 Å². The van der Waals surface area contributed by atoms with Gasteiger partial charge in [-0.3, -0.25) is 4.79 Å². The minimum atomic E-state index is -4.11. The van der Waals surface area contributed by atoms with E-state index in [1.165, 1.54) is 12.1 Å². The standard InChI is InChI=1S/C14H16N2O3S/c1-4-5-6-12(17)14(16-15)20(18,19)13-8-7-10(2)9-11(13)3/h4,7-9H,1,5-6H2,2-3H3. The number of hydrogen-bond acceptors (Lipinski definition) is 3. The Kier molecular flexibility index (Phi) is 5.13. The lowest BCUT2D eigenvalue weighted by Gasteiger charge is -2.04. The van der Waals surface area contributed by atoms with Crippen LogP contribution >= 0.6 is 0 Å². The molecule has 0 aliphatic heterocycles. The first-order valence-electron chi connectivity index (χ1n) is 6.03. The number of allylic oxidation sites excluding steroid dienone is 1. The number of sulfone groups is 1. The second-order valence-electron chi connectivity index (χ2n) is 4.43. The molecule has 0 fully saturated rings. The predicted molar refractivity (Wildman–Crippen MR) is 76.2 cm³/mol. The van der Waals surface area contributed by atoms with Crippen molar-refractivity contribution in [3.63, 3.8) is 0 Å². The van der Waals surface area contributed by atoms with Crippen LogP contribution in [0.1, 0.15) is 24.0 Å². The quantitative estimate of drug-likeness (QED) is 0.274. The van der Waals surface area contributed by atoms with Gasteiger partial charge in [0.1, 0.15) is 0 Å². The largest absolute Gasteiger partial charge is 0.451 e. The van der Waals surface area contributed by atoms with E-state index in [2.05, 4.69) is 11.4 Å². The third-order valence-corrected chi connectivity index (χ3v) is 4.63. The highest BCUT2D eigenvalue weighted by atomic mass is 32.2. The van der Waals surface area contributed by atoms with Crippen molar-refractivity contribution in [3.8, 4) is 0 Å². The van der Waals surface area contributed by atoms with Gasteiger partial charge in [-0.25, -0.2) is 8.42 Å². The number of rotatable bonds is 5. The average molecular weight is 292 g/mol. The highest BCUT2D eigenvalue weighted by Gasteiger charge is 2.37. The maximum Gasteiger partial charge on any atom is 0.451 e. The molecule has 6 heteroatoms. The Labute approximate surface area is 118 Å². The summed E-state index contributed by atoms with van der Waals surface area (Å²) < 4.78 is 24.7. The van der Waals surface area contributed by atoms with Crippen LogP contribution in [0.5, 0.6) is 0 Å². The molecule has 0 atom stereocenters. The van der Waals surface area contributed by atoms with E-state index >= 15 is 0 Å². The zero-order valence-electron chi connectivity index (χ0n) is 11.5. The highest BCUT2D eigenvalue weighted by Crippen LogP contribution is 2.19. The predicted octanol–water partition coefficient (Wildman–Crippen LogP) is 2.24. The average Bonchev–Trinajstić information content (AvgIpc) is 2.36. The lowest BCUT2D eigenvalue weighted by Crippen LogP contribution is -2.26. The van der Waals surface area contributed by atoms with Gasteiger partial charge in [0.05, 0.1) is 4.90 Å². The van der Waals surface area contributed by atoms with Crippen LogP contribution in [0.2, 0.25) is 0 Å². The van der Waals surface area contributed by atoms with Crippen LogP contribution in [-0.4, -0.2) is 24.0 Å². The normalized spacial score (nSPS) is 10.7. The van der Waals surface area contributed by atoms with Crippen LogP contribution in [0.25, 0.3) is 5.53 Å². The lowest BCUT2D eigenvalue weighted by molar-refractivity contribution is -0.116. The van der Waals surface area contributed by atoms with E-state index in [0.717, 1.165) is 5.56 Å². The summed E-state index contributed by atoms with van der Waals surface area (Å²) in [5.41, 5.74) is 10.3. The zero-order valence-corrected chi connectivity index (χ0v) is 12.3. The molecule has 0 spiro atoms. The smallest absolute Gasteiger partial charge is 0.360 e. The topological polar surface area (TPSA) is 87.6 Å². The molecule has 0 amide bonds. The number of ketones is 1. The van der Waals surface area contributed by atoms with Gasteiger partial charge in [0.2, 0.25) is 0 Å². The van der Waals surface area contributed by atoms with Crippen LogP contribution in [0.15, 0.2) is 35.7 Å². The van der Waals surface area contributed by atoms with Crippen molar-refractivity contribution in [2.24, 2.45) is 0 Å². The maximum atomic E-state index is 12.4. The van der Waals surface area contributed by atoms with E-state index in [1.54, 1.807) is 19.1 Å². The van der Waals surface area contributed by atoms with Crippen molar-refractivity contribution in [1.82, 2.24) is 0 Å². The number of hydrogen-bond donors (Lipinski definition) is 0. The molecule has 0 bridgehead atoms. The second kappa shape index (κ2) is 6.41. The summed E-state index contributed by atoms with van der Waals surface area (Å²) in [5, 5.41) is -0.827. The molecule has 1 aromatic carbocycles. The van der Waals surface area contributed by atoms with Crippen molar-refractivity contribution < 1.29 is 18.0 Å². The molecule has 0 saturated heterocycles. The number of carbonyl (C=O) groups is 1. The van der Waals surface area contributed by atoms with E-state index in [0.29, 0.717) is 12.0 Å². The molecule has 1 aromatic rings. The van der Waals surface area contributed by atoms with Gasteiger partial charge in [-0.1, -0.05) is 23.8 Å². The second-order valence-corrected chi connectivity index (χ2v) is 6.26. The third-order valence-electron chi connectivity index (χ3n) is 2.78. The zero-order chi connectivity index (χ0) is 15.3. The number of benzene rings is 1. The molecule has 20 heavy (non-hydrogen) atoms. The van der Waals surface area contributed by atoms with E-state index in [9.17, 15) is 13.2 Å². The fourth-order valence-electron chi connectivity index (χ4n) is 1.80. The summed E-state index contributed by atoms with van der Waals surface area (Å²) in [6.45, 7) is 6.92. The Morgan fingerprint density at radius 1 is 1.40 bits per heavy atom. The number of nitrogens with zero attached hydrogens (tertiary/aromatic N) is 2. The molecule has 0 aromatic heterocycles. The van der Waals surface area contributed by atoms with Gasteiger partial charge in [0.15, 0.2) is 0 Å². The molecule has 0 N–H and O–H groups in total. The van der Waals surface area contributed by atoms with Crippen LogP contribution in [0.4, 0.5) is 0 Å². The fourth-order valence-corrected chi connectivity index (χ4v) is 3.25. The first-order chi connectivity index (χ1) is 9.34. The van der Waals surface area contributed by atoms with Crippen LogP contribution < -0.4 is 0 Å². The fraction of sp³-hybridized carbons (Fsp3) is 0.286. The molecule has 106 valence electrons. The van der Waals surface area contributed by atoms with Crippen molar-refractivity contribution in [1.29, 1.82) is 0 Å². The molecule has 0 radical (unpaired) electrons. The van der Waals surface area contributed by atoms with Gasteiger partial charge in [-0.15, -0.1) is 11.4 Å². The number of Topliss-reactive ketones (excluding diaryl/α,β-unsaturated/α-hetero) is 1. The SMILES string of the molecule is C=CCCC(=O)C(=[N+]=[N-])S(=O)(=O)c1ccc(C)cc1C. The van der Waals surface area contributed by atoms with Crippen LogP contribution in [0.3, 0.4) is 0 Å². The van der Waals surface area contributed by atoms with E-state index in [-0.39, 0.29) is 11.3 Å². The summed E-state index contributed by atoms with van der Waals surface area (Å²) in [6.07, 6.45) is 1.75. The maximum absolute atomic E-state index is 12.4. The molecular formula is C14H16N2O3S. The Balaban J connectivity index is 3.30. The molecular weight excluding hydrogens is 276 g/mol. The van der Waals surface area contributed by atoms with E-state index in [4.69, 9.17) is 5.53 Å². The van der Waals surface area contributed by atoms with Gasteiger partial charge in [0.25, 0.3) is 15.6 Å². The number of aryl methyl sites for hydroxylation is 2. The molecule has 1 rings (SSSR count). The monoisotopic (exact) mass is 292 g/mol. The van der Waals surface area contributed by atoms with Gasteiger partial charge in [0, 0.05) is 6.42 Å². The lowest BCUT2D eigenvalue weighted by atomic mass is 10.2. The minimum absolute atomic E-state index is 0.0251. The summed E-state index contributed by atoms with van der Waals surface area (Å²) in [5.74, 6) is -0.729. The summed E-state index contributed by atoms with van der Waals surface area (Å²) in [6, 6.07) is 4.73. The summed E-state index contributed by atoms with van der Waals surface area (Å²) >= 11 is 0. The number of carbonyl (C=O) groups excluding carboxylic acids is 1. The molecule has 0 unspecified atom stereocenters. The van der Waals surface area contributed by atoms with E-state index < -0.39 is 20.7 Å². The van der Waals surface area contributed by atoms with Crippen molar-refractivity contribution >= 4 is 20.7 Å². The Morgan fingerprint density at radius 2 is 2.05 bits per heavy atom. The Bertz CT molecular complexity index is 699. The van der Waals surface area contributed by atoms with Crippen LogP contribution in [0, 0.1) is 13.8 Å². The van der Waals surface area contributed by atoms with Crippen LogP contribution in [-0.2, 0) is 14.6 Å². The van der Waals surface area contributed by atoms with Gasteiger partial charge < -0.3 is 5.53 Å². The van der Waals surface area contributed by atoms with Crippen molar-refractivity contribution in [2.75, 3.05) is 0 Å². The molecule has 0 aliphatic carbocycles. The summed E-state index contributed by atoms with van der Waals surface area (Å²) in [4.78, 5) is 14.5. The highest BCUT2D eigenvalue weighted by molar-refractivity contribution is 8.08. The molecule has 5 nitrogen and oxygen atoms in total.